The Balaban J connectivity index is 1.98. The molecule has 3 nitrogen and oxygen atoms in total. The molecule has 2 N–H and O–H groups in total. The minimum absolute atomic E-state index is 1.02. The molecule has 0 aromatic carbocycles. The van der Waals surface area contributed by atoms with Crippen LogP contribution in [0.3, 0.4) is 0 Å². The van der Waals surface area contributed by atoms with Gasteiger partial charge in [-0.25, -0.2) is 11.0 Å². The number of nitrogens with one attached hydrogen (secondary N) is 2. The largest absolute Gasteiger partial charge is 0.243 e. The van der Waals surface area contributed by atoms with Gasteiger partial charge in [-0.05, 0) is 50.5 Å². The maximum atomic E-state index is 4.62. The fourth-order valence-electron chi connectivity index (χ4n) is 3.12. The Bertz CT molecular complexity index is 288. The van der Waals surface area contributed by atoms with Gasteiger partial charge in [-0.15, -0.1) is 0 Å². The third kappa shape index (κ3) is 6.08. The van der Waals surface area contributed by atoms with E-state index in [0.717, 1.165) is 13.0 Å². The number of allylic oxidation sites excluding steroid dienone is 2. The fraction of sp³-hybridized carbons (Fsp3) is 0.824. The second kappa shape index (κ2) is 9.98. The van der Waals surface area contributed by atoms with E-state index in [9.17, 15) is 0 Å². The number of rotatable bonds is 1. The monoisotopic (exact) mass is 277 g/mol. The predicted molar refractivity (Wildman–Crippen MR) is 86.7 cm³/mol. The third-order valence-corrected chi connectivity index (χ3v) is 4.40. The Kier molecular flexibility index (Phi) is 7.76. The van der Waals surface area contributed by atoms with Crippen molar-refractivity contribution in [2.45, 2.75) is 83.5 Å². The SMILES string of the molecule is C1=C(/C2=N/NNCCCCCC2)CCCCCCCC/1. The first kappa shape index (κ1) is 15.6. The van der Waals surface area contributed by atoms with Crippen LogP contribution in [-0.2, 0) is 0 Å². The Hall–Kier alpha value is -0.830. The van der Waals surface area contributed by atoms with E-state index < -0.39 is 0 Å². The average molecular weight is 277 g/mol. The highest BCUT2D eigenvalue weighted by Crippen LogP contribution is 2.20. The molecule has 0 saturated carbocycles. The molecule has 20 heavy (non-hydrogen) atoms. The van der Waals surface area contributed by atoms with E-state index in [1.165, 1.54) is 88.3 Å². The summed E-state index contributed by atoms with van der Waals surface area (Å²) in [6.45, 7) is 1.02. The molecule has 0 aromatic heterocycles. The first-order valence-electron chi connectivity index (χ1n) is 8.70. The summed E-state index contributed by atoms with van der Waals surface area (Å²) >= 11 is 0. The maximum absolute atomic E-state index is 4.62. The van der Waals surface area contributed by atoms with Crippen molar-refractivity contribution in [1.29, 1.82) is 0 Å². The highest BCUT2D eigenvalue weighted by Gasteiger charge is 2.09. The molecule has 0 amide bonds. The lowest BCUT2D eigenvalue weighted by Gasteiger charge is -2.15. The number of hydrazine groups is 1. The van der Waals surface area contributed by atoms with Crippen LogP contribution in [0.2, 0.25) is 0 Å². The van der Waals surface area contributed by atoms with Crippen molar-refractivity contribution < 1.29 is 0 Å². The lowest BCUT2D eigenvalue weighted by atomic mass is 9.95. The molecular formula is C17H31N3. The molecule has 0 atom stereocenters. The van der Waals surface area contributed by atoms with E-state index in [0.29, 0.717) is 0 Å². The van der Waals surface area contributed by atoms with Gasteiger partial charge in [0.1, 0.15) is 0 Å². The van der Waals surface area contributed by atoms with Crippen LogP contribution in [0.4, 0.5) is 0 Å². The van der Waals surface area contributed by atoms with Crippen molar-refractivity contribution >= 4 is 5.71 Å². The van der Waals surface area contributed by atoms with Crippen LogP contribution >= 0.6 is 0 Å². The molecule has 2 rings (SSSR count). The normalized spacial score (nSPS) is 29.2. The molecular weight excluding hydrogens is 246 g/mol. The van der Waals surface area contributed by atoms with Crippen LogP contribution in [0.15, 0.2) is 16.8 Å². The summed E-state index contributed by atoms with van der Waals surface area (Å²) < 4.78 is 0. The molecule has 1 aliphatic carbocycles. The molecule has 0 saturated heterocycles. The van der Waals surface area contributed by atoms with Gasteiger partial charge >= 0.3 is 0 Å². The van der Waals surface area contributed by atoms with E-state index in [2.05, 4.69) is 22.1 Å². The molecule has 1 heterocycles. The minimum Gasteiger partial charge on any atom is -0.243 e. The Morgan fingerprint density at radius 1 is 0.750 bits per heavy atom. The number of hydrogen-bond donors (Lipinski definition) is 2. The Morgan fingerprint density at radius 2 is 1.45 bits per heavy atom. The second-order valence-electron chi connectivity index (χ2n) is 6.15. The molecule has 114 valence electrons. The van der Waals surface area contributed by atoms with Crippen molar-refractivity contribution in [3.63, 3.8) is 0 Å². The van der Waals surface area contributed by atoms with E-state index in [1.54, 1.807) is 0 Å². The summed E-state index contributed by atoms with van der Waals surface area (Å²) in [7, 11) is 0. The average Bonchev–Trinajstić information content (AvgIpc) is 2.50. The summed E-state index contributed by atoms with van der Waals surface area (Å²) in [5.74, 6) is 0. The first-order valence-corrected chi connectivity index (χ1v) is 8.70. The van der Waals surface area contributed by atoms with Crippen molar-refractivity contribution in [3.8, 4) is 0 Å². The molecule has 0 unspecified atom stereocenters. The van der Waals surface area contributed by atoms with Gasteiger partial charge in [0, 0.05) is 6.54 Å². The zero-order chi connectivity index (χ0) is 13.9. The van der Waals surface area contributed by atoms with Gasteiger partial charge in [-0.2, -0.15) is 5.10 Å². The van der Waals surface area contributed by atoms with E-state index >= 15 is 0 Å². The molecule has 0 bridgehead atoms. The topological polar surface area (TPSA) is 36.4 Å². The Labute approximate surface area is 124 Å². The van der Waals surface area contributed by atoms with Gasteiger partial charge in [0.25, 0.3) is 0 Å². The third-order valence-electron chi connectivity index (χ3n) is 4.40. The molecule has 0 aromatic rings. The lowest BCUT2D eigenvalue weighted by molar-refractivity contribution is 0.510. The molecule has 0 spiro atoms. The van der Waals surface area contributed by atoms with Gasteiger partial charge in [0.15, 0.2) is 0 Å². The second-order valence-corrected chi connectivity index (χ2v) is 6.15. The molecule has 2 aliphatic rings. The highest BCUT2D eigenvalue weighted by molar-refractivity contribution is 5.99. The van der Waals surface area contributed by atoms with Gasteiger partial charge < -0.3 is 0 Å². The zero-order valence-corrected chi connectivity index (χ0v) is 12.9. The van der Waals surface area contributed by atoms with Crippen molar-refractivity contribution in [2.75, 3.05) is 6.54 Å². The summed E-state index contributed by atoms with van der Waals surface area (Å²) in [5, 5.41) is 4.62. The van der Waals surface area contributed by atoms with E-state index in [4.69, 9.17) is 0 Å². The standard InChI is InChI=1S/C17H31N3/c1-2-4-8-12-16(13-9-5-3-1)17-14-10-6-7-11-15-18-20-19-17/h12,18,20H,1-11,13-15H2/b16-12+,19-17+. The molecule has 3 heteroatoms. The summed E-state index contributed by atoms with van der Waals surface area (Å²) in [6, 6.07) is 0. The number of hydrogen-bond acceptors (Lipinski definition) is 3. The maximum Gasteiger partial charge on any atom is 0.0647 e. The molecule has 0 radical (unpaired) electrons. The molecule has 0 fully saturated rings. The Morgan fingerprint density at radius 3 is 2.35 bits per heavy atom. The summed E-state index contributed by atoms with van der Waals surface area (Å²) in [6.07, 6.45) is 19.6. The summed E-state index contributed by atoms with van der Waals surface area (Å²) in [4.78, 5) is 0. The number of nitrogens with zero attached hydrogens (tertiary/aromatic N) is 1. The van der Waals surface area contributed by atoms with Crippen LogP contribution in [0, 0.1) is 0 Å². The van der Waals surface area contributed by atoms with Gasteiger partial charge in [0.2, 0.25) is 0 Å². The molecule has 1 aliphatic heterocycles. The van der Waals surface area contributed by atoms with Crippen LogP contribution < -0.4 is 11.0 Å². The zero-order valence-electron chi connectivity index (χ0n) is 12.9. The van der Waals surface area contributed by atoms with Gasteiger partial charge in [-0.3, -0.25) is 0 Å². The van der Waals surface area contributed by atoms with E-state index in [1.807, 2.05) is 0 Å². The van der Waals surface area contributed by atoms with Crippen LogP contribution in [0.1, 0.15) is 83.5 Å². The summed E-state index contributed by atoms with van der Waals surface area (Å²) in [5.41, 5.74) is 9.09. The van der Waals surface area contributed by atoms with Gasteiger partial charge in [0.05, 0.1) is 5.71 Å². The van der Waals surface area contributed by atoms with Crippen LogP contribution in [-0.4, -0.2) is 12.3 Å². The van der Waals surface area contributed by atoms with Crippen LogP contribution in [0.25, 0.3) is 0 Å². The number of hydrazone groups is 1. The predicted octanol–water partition coefficient (Wildman–Crippen LogP) is 4.46. The smallest absolute Gasteiger partial charge is 0.0647 e. The van der Waals surface area contributed by atoms with Crippen molar-refractivity contribution in [1.82, 2.24) is 11.0 Å². The highest BCUT2D eigenvalue weighted by atomic mass is 15.6. The fourth-order valence-corrected chi connectivity index (χ4v) is 3.12. The quantitative estimate of drug-likeness (QED) is 0.742. The van der Waals surface area contributed by atoms with Crippen molar-refractivity contribution in [3.05, 3.63) is 11.6 Å². The lowest BCUT2D eigenvalue weighted by Crippen LogP contribution is -2.30. The van der Waals surface area contributed by atoms with Crippen molar-refractivity contribution in [2.24, 2.45) is 5.10 Å². The van der Waals surface area contributed by atoms with E-state index in [-0.39, 0.29) is 0 Å². The first-order chi connectivity index (χ1) is 9.97. The van der Waals surface area contributed by atoms with Crippen LogP contribution in [0.5, 0.6) is 0 Å². The minimum atomic E-state index is 1.02. The van der Waals surface area contributed by atoms with Gasteiger partial charge in [-0.1, -0.05) is 44.6 Å².